The molecule has 0 atom stereocenters. The zero-order valence-corrected chi connectivity index (χ0v) is 41.7. The van der Waals surface area contributed by atoms with Crippen LogP contribution in [0.1, 0.15) is 166 Å². The number of hydrogen-bond donors (Lipinski definition) is 0. The van der Waals surface area contributed by atoms with Crippen LogP contribution in [0.15, 0.2) is 47.3 Å². The normalized spacial score (nSPS) is 14.2. The van der Waals surface area contributed by atoms with Crippen molar-refractivity contribution in [2.75, 3.05) is 0 Å². The fraction of sp³-hybridized carbons (Fsp3) is 0.727. The Labute approximate surface area is 343 Å². The molecule has 0 aromatic rings. The summed E-state index contributed by atoms with van der Waals surface area (Å²) in [4.78, 5) is 45.8. The van der Waals surface area contributed by atoms with Crippen molar-refractivity contribution in [2.45, 2.75) is 166 Å². The molecule has 0 radical (unpaired) electrons. The molecule has 0 N–H and O–H groups in total. The van der Waals surface area contributed by atoms with Gasteiger partial charge in [0.2, 0.25) is 0 Å². The van der Waals surface area contributed by atoms with Crippen molar-refractivity contribution in [1.82, 2.24) is 0 Å². The molecule has 0 rings (SSSR count). The van der Waals surface area contributed by atoms with Crippen LogP contribution in [0.3, 0.4) is 0 Å². The molecule has 0 saturated heterocycles. The summed E-state index contributed by atoms with van der Waals surface area (Å²) in [5.74, 6) is -0.834. The fourth-order valence-corrected chi connectivity index (χ4v) is 2.21. The molecule has 0 bridgehead atoms. The van der Waals surface area contributed by atoms with E-state index in [1.807, 2.05) is 166 Å². The molecule has 8 nitrogen and oxygen atoms in total. The summed E-state index contributed by atoms with van der Waals surface area (Å²) in [6, 6.07) is 0. The Kier molecular flexibility index (Phi) is 24.6. The molecular formula is C44H76HfO8-4. The number of allylic oxidation sites excluding steroid dienone is 8. The van der Waals surface area contributed by atoms with E-state index in [4.69, 9.17) is 0 Å². The van der Waals surface area contributed by atoms with Crippen LogP contribution in [-0.4, -0.2) is 23.1 Å². The number of ketones is 4. The Morgan fingerprint density at radius 2 is 0.358 bits per heavy atom. The van der Waals surface area contributed by atoms with Crippen LogP contribution in [0.25, 0.3) is 0 Å². The van der Waals surface area contributed by atoms with E-state index in [2.05, 4.69) is 0 Å². The number of rotatable bonds is 4. The van der Waals surface area contributed by atoms with E-state index < -0.39 is 43.3 Å². The maximum Gasteiger partial charge on any atom is 0.160 e. The van der Waals surface area contributed by atoms with Crippen LogP contribution in [0.2, 0.25) is 0 Å². The van der Waals surface area contributed by atoms with E-state index in [0.29, 0.717) is 0 Å². The first-order valence-corrected chi connectivity index (χ1v) is 17.9. The van der Waals surface area contributed by atoms with Crippen LogP contribution in [0.4, 0.5) is 0 Å². The van der Waals surface area contributed by atoms with Gasteiger partial charge in [-0.3, -0.25) is 19.2 Å². The molecule has 0 aliphatic carbocycles. The molecule has 0 aliphatic heterocycles. The van der Waals surface area contributed by atoms with Crippen LogP contribution in [0, 0.1) is 43.3 Å². The van der Waals surface area contributed by atoms with E-state index in [9.17, 15) is 39.6 Å². The van der Waals surface area contributed by atoms with Crippen molar-refractivity contribution in [3.8, 4) is 0 Å². The van der Waals surface area contributed by atoms with Crippen molar-refractivity contribution in [1.29, 1.82) is 0 Å². The second-order valence-corrected chi connectivity index (χ2v) is 21.5. The molecule has 53 heavy (non-hydrogen) atoms. The third-order valence-electron chi connectivity index (χ3n) is 6.96. The minimum absolute atomic E-state index is 0. The summed E-state index contributed by atoms with van der Waals surface area (Å²) in [6.07, 6.45) is 4.89. The SMILES string of the molecule is CC(C)(C)C(=O)/C=C(\[O-])C(C)(C)C.CC(C)(C)C(=O)/C=C(\[O-])C(C)(C)C.CC(C)(C)C(=O)/C=C(\[O-])C(C)(C)C.CC(C)(C)C(=O)/C=C(\[O-])C(C)(C)C.[Hf]. The average Bonchev–Trinajstić information content (AvgIpc) is 2.85. The minimum atomic E-state index is -0.457. The standard InChI is InChI=1S/4C11H20O2.Hf/c4*1-10(2,3)8(12)7-9(13)11(4,5)6;/h4*7,12H,1-6H3;/p-4/b4*8-7-;. The van der Waals surface area contributed by atoms with Crippen LogP contribution in [0.5, 0.6) is 0 Å². The van der Waals surface area contributed by atoms with Gasteiger partial charge in [0.05, 0.1) is 0 Å². The molecule has 0 spiro atoms. The van der Waals surface area contributed by atoms with Gasteiger partial charge in [-0.2, -0.15) is 0 Å². The molecule has 308 valence electrons. The van der Waals surface area contributed by atoms with Gasteiger partial charge in [-0.05, 0) is 46.0 Å². The summed E-state index contributed by atoms with van der Waals surface area (Å²) in [5, 5.41) is 45.8. The van der Waals surface area contributed by atoms with E-state index in [0.717, 1.165) is 0 Å². The van der Waals surface area contributed by atoms with Crippen LogP contribution in [-0.2, 0) is 45.0 Å². The van der Waals surface area contributed by atoms with Crippen molar-refractivity contribution in [3.05, 3.63) is 47.3 Å². The maximum absolute atomic E-state index is 11.4. The predicted octanol–water partition coefficient (Wildman–Crippen LogP) is 7.57. The van der Waals surface area contributed by atoms with Gasteiger partial charge in [0, 0.05) is 47.5 Å². The zero-order chi connectivity index (χ0) is 43.4. The quantitative estimate of drug-likeness (QED) is 0.159. The van der Waals surface area contributed by atoms with Gasteiger partial charge in [-0.15, -0.1) is 23.0 Å². The van der Waals surface area contributed by atoms with E-state index in [-0.39, 0.29) is 72.0 Å². The van der Waals surface area contributed by atoms with Crippen molar-refractivity contribution in [2.24, 2.45) is 43.3 Å². The summed E-state index contributed by atoms with van der Waals surface area (Å²) < 4.78 is 0. The summed E-state index contributed by atoms with van der Waals surface area (Å²) >= 11 is 0. The Morgan fingerprint density at radius 1 is 0.264 bits per heavy atom. The van der Waals surface area contributed by atoms with Crippen LogP contribution < -0.4 is 20.4 Å². The monoisotopic (exact) mass is 913 g/mol. The predicted molar refractivity (Wildman–Crippen MR) is 208 cm³/mol. The smallest absolute Gasteiger partial charge is 0.160 e. The minimum Gasteiger partial charge on any atom is -0.875 e. The first-order valence-electron chi connectivity index (χ1n) is 17.9. The van der Waals surface area contributed by atoms with Gasteiger partial charge >= 0.3 is 0 Å². The van der Waals surface area contributed by atoms with Gasteiger partial charge < -0.3 is 20.4 Å². The van der Waals surface area contributed by atoms with Gasteiger partial charge in [0.1, 0.15) is 0 Å². The molecule has 0 heterocycles. The van der Waals surface area contributed by atoms with Crippen LogP contribution >= 0.6 is 0 Å². The first-order chi connectivity index (χ1) is 22.2. The molecule has 9 heteroatoms. The second-order valence-electron chi connectivity index (χ2n) is 21.5. The largest absolute Gasteiger partial charge is 0.875 e. The Bertz CT molecular complexity index is 1110. The molecule has 0 amide bonds. The molecule has 0 aliphatic rings. The average molecular weight is 912 g/mol. The van der Waals surface area contributed by atoms with E-state index >= 15 is 0 Å². The number of carbonyl (C=O) groups is 4. The van der Waals surface area contributed by atoms with Gasteiger partial charge in [-0.25, -0.2) is 0 Å². The third-order valence-corrected chi connectivity index (χ3v) is 6.96. The summed E-state index contributed by atoms with van der Waals surface area (Å²) in [5.41, 5.74) is -3.66. The van der Waals surface area contributed by atoms with E-state index in [1.54, 1.807) is 0 Å². The third kappa shape index (κ3) is 29.7. The Balaban J connectivity index is -0.000000192. The molecule has 0 aromatic heterocycles. The molecule has 0 aromatic carbocycles. The number of hydrogen-bond acceptors (Lipinski definition) is 8. The Morgan fingerprint density at radius 3 is 0.415 bits per heavy atom. The van der Waals surface area contributed by atoms with Gasteiger partial charge in [-0.1, -0.05) is 166 Å². The topological polar surface area (TPSA) is 161 Å². The second kappa shape index (κ2) is 21.7. The Hall–Kier alpha value is -2.29. The van der Waals surface area contributed by atoms with Crippen molar-refractivity contribution in [3.63, 3.8) is 0 Å². The first kappa shape index (κ1) is 60.0. The summed E-state index contributed by atoms with van der Waals surface area (Å²) in [6.45, 7) is 43.4. The molecule has 0 unspecified atom stereocenters. The van der Waals surface area contributed by atoms with Gasteiger partial charge in [0.15, 0.2) is 23.1 Å². The zero-order valence-electron chi connectivity index (χ0n) is 38.1. The molecule has 0 fully saturated rings. The number of carbonyl (C=O) groups excluding carboxylic acids is 4. The molecule has 0 saturated carbocycles. The van der Waals surface area contributed by atoms with E-state index in [1.165, 1.54) is 24.3 Å². The summed E-state index contributed by atoms with van der Waals surface area (Å²) in [7, 11) is 0. The van der Waals surface area contributed by atoms with Gasteiger partial charge in [0.25, 0.3) is 0 Å². The van der Waals surface area contributed by atoms with Crippen molar-refractivity contribution < 1.29 is 65.4 Å². The molecular weight excluding hydrogens is 835 g/mol. The fourth-order valence-electron chi connectivity index (χ4n) is 2.21. The van der Waals surface area contributed by atoms with Crippen molar-refractivity contribution >= 4 is 23.1 Å². The maximum atomic E-state index is 11.4.